The van der Waals surface area contributed by atoms with E-state index in [2.05, 4.69) is 30.3 Å². The molecule has 0 saturated carbocycles. The normalized spacial score (nSPS) is 34.0. The van der Waals surface area contributed by atoms with E-state index in [1.54, 1.807) is 0 Å². The van der Waals surface area contributed by atoms with Crippen molar-refractivity contribution in [3.8, 4) is 0 Å². The highest BCUT2D eigenvalue weighted by Gasteiger charge is 2.68. The number of carboxylic acids is 1. The van der Waals surface area contributed by atoms with E-state index in [1.807, 2.05) is 11.8 Å². The number of ether oxygens (including phenoxy) is 2. The number of fused-ring (bicyclic) bond motifs is 5. The molecule has 3 heterocycles. The van der Waals surface area contributed by atoms with Crippen molar-refractivity contribution < 1.29 is 19.4 Å². The van der Waals surface area contributed by atoms with Gasteiger partial charge in [0.05, 0.1) is 12.2 Å². The predicted molar refractivity (Wildman–Crippen MR) is 101 cm³/mol. The fourth-order valence-electron chi connectivity index (χ4n) is 4.77. The molecule has 4 nitrogen and oxygen atoms in total. The fourth-order valence-corrected chi connectivity index (χ4v) is 5.75. The lowest BCUT2D eigenvalue weighted by Crippen LogP contribution is -2.33. The van der Waals surface area contributed by atoms with Crippen molar-refractivity contribution in [2.45, 2.75) is 74.3 Å². The van der Waals surface area contributed by atoms with Crippen LogP contribution in [0.25, 0.3) is 0 Å². The fraction of sp³-hybridized carbons (Fsp3) is 0.667. The summed E-state index contributed by atoms with van der Waals surface area (Å²) in [6.07, 6.45) is 8.19. The van der Waals surface area contributed by atoms with Gasteiger partial charge in [-0.05, 0) is 49.0 Å². The van der Waals surface area contributed by atoms with Gasteiger partial charge in [0.15, 0.2) is 0 Å². The van der Waals surface area contributed by atoms with Crippen molar-refractivity contribution in [1.29, 1.82) is 0 Å². The molecule has 26 heavy (non-hydrogen) atoms. The first kappa shape index (κ1) is 18.3. The van der Waals surface area contributed by atoms with Crippen LogP contribution in [0, 0.1) is 11.8 Å². The number of epoxide rings is 1. The maximum Gasteiger partial charge on any atom is 0.303 e. The van der Waals surface area contributed by atoms with Crippen LogP contribution in [-0.2, 0) is 14.3 Å². The van der Waals surface area contributed by atoms with E-state index in [0.717, 1.165) is 25.0 Å². The van der Waals surface area contributed by atoms with Crippen molar-refractivity contribution in [2.75, 3.05) is 5.75 Å². The maximum absolute atomic E-state index is 10.6. The van der Waals surface area contributed by atoms with Crippen LogP contribution in [0.4, 0.5) is 0 Å². The van der Waals surface area contributed by atoms with Crippen LogP contribution in [0.2, 0.25) is 0 Å². The molecule has 0 spiro atoms. The maximum atomic E-state index is 10.6. The van der Waals surface area contributed by atoms with Gasteiger partial charge in [-0.3, -0.25) is 4.79 Å². The van der Waals surface area contributed by atoms with Crippen molar-refractivity contribution in [3.05, 3.63) is 30.3 Å². The average Bonchev–Trinajstić information content (AvgIpc) is 3.27. The lowest BCUT2D eigenvalue weighted by atomic mass is 9.75. The highest BCUT2D eigenvalue weighted by Crippen LogP contribution is 2.56. The van der Waals surface area contributed by atoms with Crippen LogP contribution >= 0.6 is 11.8 Å². The summed E-state index contributed by atoms with van der Waals surface area (Å²) >= 11 is 1.94. The number of carboxylic acid groups (broad SMARTS) is 1. The highest BCUT2D eigenvalue weighted by molar-refractivity contribution is 7.99. The first-order valence-electron chi connectivity index (χ1n) is 9.94. The molecule has 0 radical (unpaired) electrons. The Hall–Kier alpha value is -1.04. The highest BCUT2D eigenvalue weighted by atomic mass is 32.2. The minimum atomic E-state index is -0.681. The molecule has 0 amide bonds. The molecule has 1 aromatic rings. The summed E-state index contributed by atoms with van der Waals surface area (Å²) in [7, 11) is 0. The van der Waals surface area contributed by atoms with Gasteiger partial charge in [0.1, 0.15) is 12.2 Å². The number of benzene rings is 1. The summed E-state index contributed by atoms with van der Waals surface area (Å²) in [6.45, 7) is 0. The molecule has 6 atom stereocenters. The topological polar surface area (TPSA) is 59.1 Å². The number of hydrogen-bond donors (Lipinski definition) is 1. The van der Waals surface area contributed by atoms with E-state index < -0.39 is 5.97 Å². The summed E-state index contributed by atoms with van der Waals surface area (Å²) in [5.41, 5.74) is 0. The van der Waals surface area contributed by atoms with Gasteiger partial charge in [0.25, 0.3) is 0 Å². The average molecular weight is 377 g/mol. The summed E-state index contributed by atoms with van der Waals surface area (Å²) in [6, 6.07) is 10.6. The number of carbonyl (C=O) groups is 1. The Balaban J connectivity index is 1.22. The van der Waals surface area contributed by atoms with Crippen LogP contribution in [0.3, 0.4) is 0 Å². The number of aliphatic carboxylic acids is 1. The molecule has 1 aromatic carbocycles. The molecule has 0 aliphatic carbocycles. The van der Waals surface area contributed by atoms with Gasteiger partial charge >= 0.3 is 5.97 Å². The summed E-state index contributed by atoms with van der Waals surface area (Å²) < 4.78 is 12.1. The molecule has 6 unspecified atom stereocenters. The van der Waals surface area contributed by atoms with E-state index >= 15 is 0 Å². The summed E-state index contributed by atoms with van der Waals surface area (Å²) in [4.78, 5) is 11.9. The zero-order valence-corrected chi connectivity index (χ0v) is 15.9. The Bertz CT molecular complexity index is 607. The molecule has 3 saturated heterocycles. The molecular weight excluding hydrogens is 348 g/mol. The van der Waals surface area contributed by atoms with Crippen molar-refractivity contribution in [1.82, 2.24) is 0 Å². The molecule has 3 aliphatic heterocycles. The van der Waals surface area contributed by atoms with Crippen molar-refractivity contribution in [2.24, 2.45) is 11.8 Å². The van der Waals surface area contributed by atoms with E-state index in [0.29, 0.717) is 42.7 Å². The van der Waals surface area contributed by atoms with E-state index in [4.69, 9.17) is 14.6 Å². The van der Waals surface area contributed by atoms with Gasteiger partial charge in [-0.1, -0.05) is 37.5 Å². The molecular formula is C21H28O4S. The lowest BCUT2D eigenvalue weighted by Gasteiger charge is -2.26. The van der Waals surface area contributed by atoms with Gasteiger partial charge < -0.3 is 14.6 Å². The van der Waals surface area contributed by atoms with Crippen molar-refractivity contribution in [3.63, 3.8) is 0 Å². The quantitative estimate of drug-likeness (QED) is 0.353. The molecule has 0 aromatic heterocycles. The first-order valence-corrected chi connectivity index (χ1v) is 10.9. The Kier molecular flexibility index (Phi) is 5.87. The third kappa shape index (κ3) is 4.10. The second kappa shape index (κ2) is 8.32. The second-order valence-electron chi connectivity index (χ2n) is 7.76. The second-order valence-corrected chi connectivity index (χ2v) is 8.92. The third-order valence-electron chi connectivity index (χ3n) is 6.06. The van der Waals surface area contributed by atoms with E-state index in [1.165, 1.54) is 24.2 Å². The number of hydrogen-bond acceptors (Lipinski definition) is 4. The van der Waals surface area contributed by atoms with E-state index in [9.17, 15) is 4.79 Å². The van der Waals surface area contributed by atoms with Gasteiger partial charge in [0.2, 0.25) is 0 Å². The minimum absolute atomic E-state index is 0.300. The van der Waals surface area contributed by atoms with Crippen LogP contribution in [0.5, 0.6) is 0 Å². The minimum Gasteiger partial charge on any atom is -0.481 e. The molecule has 3 fully saturated rings. The monoisotopic (exact) mass is 376 g/mol. The molecule has 142 valence electrons. The number of rotatable bonds is 11. The molecule has 1 N–H and O–H groups in total. The molecule has 3 aliphatic rings. The first-order chi connectivity index (χ1) is 12.7. The van der Waals surface area contributed by atoms with Crippen LogP contribution < -0.4 is 0 Å². The standard InChI is InChI=1S/C21H28O4S/c22-17(23)11-7-2-1-6-10-15-16(19-21-20(25-21)18(15)24-19)12-13-26-14-8-4-3-5-9-14/h3-5,8-9,15-16,18-21H,1-2,6-7,10-13H2,(H,22,23). The molecule has 5 heteroatoms. The van der Waals surface area contributed by atoms with Crippen LogP contribution in [-0.4, -0.2) is 41.2 Å². The smallest absolute Gasteiger partial charge is 0.303 e. The molecule has 4 rings (SSSR count). The number of unbranched alkanes of at least 4 members (excludes halogenated alkanes) is 3. The predicted octanol–water partition coefficient (Wildman–Crippen LogP) is 4.37. The summed E-state index contributed by atoms with van der Waals surface area (Å²) in [5.74, 6) is 1.70. The van der Waals surface area contributed by atoms with Gasteiger partial charge in [0, 0.05) is 11.3 Å². The Morgan fingerprint density at radius 3 is 2.27 bits per heavy atom. The van der Waals surface area contributed by atoms with Crippen LogP contribution in [0.1, 0.15) is 44.9 Å². The number of thioether (sulfide) groups is 1. The largest absolute Gasteiger partial charge is 0.481 e. The Morgan fingerprint density at radius 2 is 1.54 bits per heavy atom. The zero-order chi connectivity index (χ0) is 17.9. The van der Waals surface area contributed by atoms with Gasteiger partial charge in [-0.25, -0.2) is 0 Å². The van der Waals surface area contributed by atoms with Crippen LogP contribution in [0.15, 0.2) is 35.2 Å². The lowest BCUT2D eigenvalue weighted by molar-refractivity contribution is -0.137. The SMILES string of the molecule is O=C(O)CCCCCCC1C(CCSc2ccccc2)C2OC1C1OC21. The van der Waals surface area contributed by atoms with Gasteiger partial charge in [-0.2, -0.15) is 0 Å². The zero-order valence-electron chi connectivity index (χ0n) is 15.1. The van der Waals surface area contributed by atoms with E-state index in [-0.39, 0.29) is 0 Å². The Labute approximate surface area is 159 Å². The third-order valence-corrected chi connectivity index (χ3v) is 7.10. The Morgan fingerprint density at radius 1 is 0.885 bits per heavy atom. The summed E-state index contributed by atoms with van der Waals surface area (Å²) in [5, 5.41) is 8.71. The molecule has 2 bridgehead atoms. The van der Waals surface area contributed by atoms with Gasteiger partial charge in [-0.15, -0.1) is 11.8 Å². The van der Waals surface area contributed by atoms with Crippen molar-refractivity contribution >= 4 is 17.7 Å².